The zero-order valence-corrected chi connectivity index (χ0v) is 17.0. The summed E-state index contributed by atoms with van der Waals surface area (Å²) in [6.45, 7) is 8.01. The number of carbonyl (C=O) groups is 1. The first-order chi connectivity index (χ1) is 12.8. The van der Waals surface area contributed by atoms with E-state index in [4.69, 9.17) is 5.11 Å². The van der Waals surface area contributed by atoms with Crippen molar-refractivity contribution in [3.63, 3.8) is 0 Å². The Labute approximate surface area is 163 Å². The van der Waals surface area contributed by atoms with Crippen molar-refractivity contribution in [1.29, 1.82) is 0 Å². The number of hydrogen-bond acceptors (Lipinski definition) is 3. The standard InChI is InChI=1S/C13H18O2.C10H15NO/c1-9(2)8-11-4-6-12(7-5-11)10(3)13(14)15;1-8(11-2)10(12)9-6-4-3-5-7-9/h4-7,9-10H,8H2,1-3H3,(H,14,15);3-8,10-12H,1-2H3/t;8-,10+/m.0/s1. The van der Waals surface area contributed by atoms with Crippen molar-refractivity contribution in [2.45, 2.75) is 52.2 Å². The van der Waals surface area contributed by atoms with Crippen molar-refractivity contribution >= 4 is 5.97 Å². The third-order valence-corrected chi connectivity index (χ3v) is 4.56. The van der Waals surface area contributed by atoms with E-state index >= 15 is 0 Å². The van der Waals surface area contributed by atoms with Crippen LogP contribution in [0.1, 0.15) is 56.4 Å². The molecule has 0 bridgehead atoms. The van der Waals surface area contributed by atoms with Crippen molar-refractivity contribution < 1.29 is 15.0 Å². The minimum Gasteiger partial charge on any atom is -0.481 e. The number of rotatable bonds is 7. The van der Waals surface area contributed by atoms with E-state index in [-0.39, 0.29) is 6.04 Å². The predicted octanol–water partition coefficient (Wildman–Crippen LogP) is 4.40. The molecule has 0 fully saturated rings. The Morgan fingerprint density at radius 3 is 1.93 bits per heavy atom. The van der Waals surface area contributed by atoms with Gasteiger partial charge < -0.3 is 15.5 Å². The largest absolute Gasteiger partial charge is 0.481 e. The number of carboxylic acids is 1. The molecule has 0 aliphatic carbocycles. The van der Waals surface area contributed by atoms with Crippen LogP contribution in [0.5, 0.6) is 0 Å². The number of nitrogens with one attached hydrogen (secondary N) is 1. The topological polar surface area (TPSA) is 69.6 Å². The predicted molar refractivity (Wildman–Crippen MR) is 111 cm³/mol. The van der Waals surface area contributed by atoms with E-state index in [0.29, 0.717) is 5.92 Å². The summed E-state index contributed by atoms with van der Waals surface area (Å²) < 4.78 is 0. The molecule has 0 heterocycles. The van der Waals surface area contributed by atoms with Crippen LogP contribution < -0.4 is 5.32 Å². The molecule has 0 spiro atoms. The number of likely N-dealkylation sites (N-methyl/N-ethyl adjacent to an activating group) is 1. The molecule has 1 unspecified atom stereocenters. The van der Waals surface area contributed by atoms with E-state index in [1.54, 1.807) is 6.92 Å². The maximum absolute atomic E-state index is 10.8. The fourth-order valence-electron chi connectivity index (χ4n) is 2.65. The molecule has 148 valence electrons. The van der Waals surface area contributed by atoms with Crippen LogP contribution in [0.3, 0.4) is 0 Å². The highest BCUT2D eigenvalue weighted by Crippen LogP contribution is 2.17. The second-order valence-corrected chi connectivity index (χ2v) is 7.33. The van der Waals surface area contributed by atoms with E-state index in [1.807, 2.05) is 68.6 Å². The molecule has 0 amide bonds. The number of carboxylic acid groups (broad SMARTS) is 1. The maximum Gasteiger partial charge on any atom is 0.310 e. The Morgan fingerprint density at radius 2 is 1.48 bits per heavy atom. The van der Waals surface area contributed by atoms with Gasteiger partial charge in [-0.2, -0.15) is 0 Å². The molecule has 0 saturated heterocycles. The number of aliphatic carboxylic acids is 1. The first kappa shape index (κ1) is 22.9. The van der Waals surface area contributed by atoms with Crippen LogP contribution in [0.15, 0.2) is 54.6 Å². The number of hydrogen-bond donors (Lipinski definition) is 3. The lowest BCUT2D eigenvalue weighted by molar-refractivity contribution is -0.138. The smallest absolute Gasteiger partial charge is 0.310 e. The van der Waals surface area contributed by atoms with Gasteiger partial charge in [-0.3, -0.25) is 4.79 Å². The van der Waals surface area contributed by atoms with Gasteiger partial charge in [-0.1, -0.05) is 68.4 Å². The average Bonchev–Trinajstić information content (AvgIpc) is 2.67. The molecular formula is C23H33NO3. The first-order valence-corrected chi connectivity index (χ1v) is 9.48. The SMILES string of the molecule is CC(C)Cc1ccc(C(C)C(=O)O)cc1.CN[C@@H](C)[C@@H](O)c1ccccc1. The van der Waals surface area contributed by atoms with Gasteiger partial charge in [0.15, 0.2) is 0 Å². The molecule has 4 heteroatoms. The molecule has 2 rings (SSSR count). The molecule has 0 saturated carbocycles. The van der Waals surface area contributed by atoms with Gasteiger partial charge in [-0.05, 0) is 49.9 Å². The summed E-state index contributed by atoms with van der Waals surface area (Å²) in [5.74, 6) is -0.558. The second-order valence-electron chi connectivity index (χ2n) is 7.33. The Balaban J connectivity index is 0.000000277. The van der Waals surface area contributed by atoms with Gasteiger partial charge in [0.1, 0.15) is 0 Å². The molecule has 2 aromatic rings. The highest BCUT2D eigenvalue weighted by molar-refractivity contribution is 5.75. The van der Waals surface area contributed by atoms with Crippen molar-refractivity contribution in [2.24, 2.45) is 5.92 Å². The van der Waals surface area contributed by atoms with Crippen LogP contribution in [-0.4, -0.2) is 29.3 Å². The van der Waals surface area contributed by atoms with E-state index in [2.05, 4.69) is 19.2 Å². The van der Waals surface area contributed by atoms with Gasteiger partial charge in [-0.15, -0.1) is 0 Å². The third kappa shape index (κ3) is 7.94. The van der Waals surface area contributed by atoms with Gasteiger partial charge in [0, 0.05) is 6.04 Å². The Kier molecular flexibility index (Phi) is 9.76. The van der Waals surface area contributed by atoms with Crippen molar-refractivity contribution in [1.82, 2.24) is 5.32 Å². The molecule has 27 heavy (non-hydrogen) atoms. The van der Waals surface area contributed by atoms with Crippen molar-refractivity contribution in [3.8, 4) is 0 Å². The Bertz CT molecular complexity index is 668. The summed E-state index contributed by atoms with van der Waals surface area (Å²) in [5, 5.41) is 21.6. The highest BCUT2D eigenvalue weighted by atomic mass is 16.4. The lowest BCUT2D eigenvalue weighted by Crippen LogP contribution is -2.28. The summed E-state index contributed by atoms with van der Waals surface area (Å²) >= 11 is 0. The summed E-state index contributed by atoms with van der Waals surface area (Å²) in [5.41, 5.74) is 3.10. The normalized spacial score (nSPS) is 14.0. The molecule has 0 aromatic heterocycles. The highest BCUT2D eigenvalue weighted by Gasteiger charge is 2.13. The van der Waals surface area contributed by atoms with Crippen LogP contribution in [0, 0.1) is 5.92 Å². The van der Waals surface area contributed by atoms with Crippen LogP contribution in [0.4, 0.5) is 0 Å². The molecule has 3 N–H and O–H groups in total. The van der Waals surface area contributed by atoms with Crippen LogP contribution in [-0.2, 0) is 11.2 Å². The van der Waals surface area contributed by atoms with Crippen molar-refractivity contribution in [2.75, 3.05) is 7.05 Å². The van der Waals surface area contributed by atoms with Gasteiger partial charge in [0.25, 0.3) is 0 Å². The first-order valence-electron chi connectivity index (χ1n) is 9.48. The monoisotopic (exact) mass is 371 g/mol. The van der Waals surface area contributed by atoms with Crippen molar-refractivity contribution in [3.05, 3.63) is 71.3 Å². The van der Waals surface area contributed by atoms with E-state index in [0.717, 1.165) is 17.5 Å². The van der Waals surface area contributed by atoms with Crippen LogP contribution in [0.25, 0.3) is 0 Å². The zero-order valence-electron chi connectivity index (χ0n) is 17.0. The van der Waals surface area contributed by atoms with E-state index in [9.17, 15) is 9.90 Å². The average molecular weight is 372 g/mol. The minimum atomic E-state index is -0.772. The zero-order chi connectivity index (χ0) is 20.4. The second kappa shape index (κ2) is 11.5. The number of benzene rings is 2. The minimum absolute atomic E-state index is 0.0902. The Hall–Kier alpha value is -2.17. The molecule has 0 aliphatic heterocycles. The number of aliphatic hydroxyl groups is 1. The van der Waals surface area contributed by atoms with E-state index in [1.165, 1.54) is 5.56 Å². The molecular weight excluding hydrogens is 338 g/mol. The third-order valence-electron chi connectivity index (χ3n) is 4.56. The lowest BCUT2D eigenvalue weighted by atomic mass is 9.97. The number of aliphatic hydroxyl groups excluding tert-OH is 1. The summed E-state index contributed by atoms with van der Waals surface area (Å²) in [4.78, 5) is 10.8. The summed E-state index contributed by atoms with van der Waals surface area (Å²) in [6, 6.07) is 17.6. The van der Waals surface area contributed by atoms with Crippen LogP contribution >= 0.6 is 0 Å². The summed E-state index contributed by atoms with van der Waals surface area (Å²) in [7, 11) is 1.84. The molecule has 0 radical (unpaired) electrons. The summed E-state index contributed by atoms with van der Waals surface area (Å²) in [6.07, 6.45) is 0.623. The van der Waals surface area contributed by atoms with Gasteiger partial charge >= 0.3 is 5.97 Å². The van der Waals surface area contributed by atoms with Gasteiger partial charge in [0.2, 0.25) is 0 Å². The molecule has 2 aromatic carbocycles. The van der Waals surface area contributed by atoms with Gasteiger partial charge in [0.05, 0.1) is 12.0 Å². The fraction of sp³-hybridized carbons (Fsp3) is 0.435. The lowest BCUT2D eigenvalue weighted by Gasteiger charge is -2.17. The molecule has 3 atom stereocenters. The maximum atomic E-state index is 10.8. The Morgan fingerprint density at radius 1 is 0.926 bits per heavy atom. The van der Waals surface area contributed by atoms with Crippen LogP contribution in [0.2, 0.25) is 0 Å². The molecule has 0 aliphatic rings. The van der Waals surface area contributed by atoms with Gasteiger partial charge in [-0.25, -0.2) is 0 Å². The molecule has 4 nitrogen and oxygen atoms in total. The fourth-order valence-corrected chi connectivity index (χ4v) is 2.65. The quantitative estimate of drug-likeness (QED) is 0.675. The van der Waals surface area contributed by atoms with E-state index < -0.39 is 18.0 Å².